The zero-order valence-corrected chi connectivity index (χ0v) is 15.4. The molecule has 1 aromatic rings. The lowest BCUT2D eigenvalue weighted by molar-refractivity contribution is 0.317. The van der Waals surface area contributed by atoms with E-state index in [-0.39, 0.29) is 0 Å². The van der Waals surface area contributed by atoms with Crippen molar-refractivity contribution >= 4 is 26.0 Å². The highest BCUT2D eigenvalue weighted by Gasteiger charge is 2.24. The number of aromatic nitrogens is 1. The van der Waals surface area contributed by atoms with Crippen molar-refractivity contribution in [2.24, 2.45) is 5.92 Å². The molecule has 0 amide bonds. The van der Waals surface area contributed by atoms with Crippen LogP contribution in [-0.4, -0.2) is 18.5 Å². The lowest BCUT2D eigenvalue weighted by atomic mass is 9.89. The summed E-state index contributed by atoms with van der Waals surface area (Å²) in [6, 6.07) is 1.69. The number of halogens is 1. The van der Waals surface area contributed by atoms with E-state index in [2.05, 4.69) is 20.7 Å². The van der Waals surface area contributed by atoms with Gasteiger partial charge in [0.05, 0.1) is 4.60 Å². The molecule has 6 heteroatoms. The summed E-state index contributed by atoms with van der Waals surface area (Å²) in [6.07, 6.45) is 8.14. The van der Waals surface area contributed by atoms with Gasteiger partial charge in [-0.2, -0.15) is 0 Å². The topological polar surface area (TPSA) is 51.1 Å². The molecule has 1 fully saturated rings. The molecule has 1 N–H and O–H groups in total. The molecule has 1 aliphatic carbocycles. The second-order valence-corrected chi connectivity index (χ2v) is 9.51. The van der Waals surface area contributed by atoms with Crippen LogP contribution in [0.2, 0.25) is 0 Å². The smallest absolute Gasteiger partial charge is 0.242 e. The summed E-state index contributed by atoms with van der Waals surface area (Å²) < 4.78 is 30.3. The van der Waals surface area contributed by atoms with E-state index in [1.807, 2.05) is 25.3 Å². The summed E-state index contributed by atoms with van der Waals surface area (Å²) in [7, 11) is -3.46. The highest BCUT2D eigenvalue weighted by Crippen LogP contribution is 2.28. The molecule has 1 saturated carbocycles. The van der Waals surface area contributed by atoms with Crippen LogP contribution >= 0.6 is 15.9 Å². The quantitative estimate of drug-likeness (QED) is 0.865. The number of nitrogens with zero attached hydrogens (tertiary/aromatic N) is 1. The molecule has 120 valence electrons. The first kappa shape index (κ1) is 17.0. The molecule has 1 heterocycles. The van der Waals surface area contributed by atoms with E-state index in [1.165, 1.54) is 32.1 Å². The van der Waals surface area contributed by atoms with Crippen molar-refractivity contribution in [3.63, 3.8) is 0 Å². The van der Waals surface area contributed by atoms with Gasteiger partial charge in [-0.3, -0.25) is 0 Å². The first-order valence-corrected chi connectivity index (χ1v) is 9.85. The van der Waals surface area contributed by atoms with Gasteiger partial charge in [0.2, 0.25) is 10.0 Å². The third-order valence-corrected chi connectivity index (χ3v) is 6.16. The Morgan fingerprint density at radius 3 is 2.48 bits per heavy atom. The number of rotatable bonds is 4. The SMILES string of the molecule is CC(C)(C)NS(=O)(=O)c1cc(Br)n(CC2CCCCC2)c1. The fraction of sp³-hybridized carbons (Fsp3) is 0.733. The Balaban J connectivity index is 2.14. The van der Waals surface area contributed by atoms with Gasteiger partial charge in [-0.1, -0.05) is 19.3 Å². The van der Waals surface area contributed by atoms with E-state index in [1.54, 1.807) is 12.3 Å². The molecular formula is C15H25BrN2O2S. The fourth-order valence-electron chi connectivity index (χ4n) is 2.85. The minimum absolute atomic E-state index is 0.333. The van der Waals surface area contributed by atoms with Crippen LogP contribution in [0.5, 0.6) is 0 Å². The molecule has 0 spiro atoms. The van der Waals surface area contributed by atoms with Crippen molar-refractivity contribution in [2.45, 2.75) is 69.9 Å². The maximum Gasteiger partial charge on any atom is 0.242 e. The van der Waals surface area contributed by atoms with Gasteiger partial charge in [0, 0.05) is 18.3 Å². The van der Waals surface area contributed by atoms with Crippen molar-refractivity contribution in [3.05, 3.63) is 16.9 Å². The van der Waals surface area contributed by atoms with Crippen LogP contribution in [0.3, 0.4) is 0 Å². The Morgan fingerprint density at radius 1 is 1.29 bits per heavy atom. The van der Waals surface area contributed by atoms with Crippen LogP contribution in [0.4, 0.5) is 0 Å². The van der Waals surface area contributed by atoms with Crippen molar-refractivity contribution in [1.29, 1.82) is 0 Å². The van der Waals surface area contributed by atoms with E-state index >= 15 is 0 Å². The second-order valence-electron chi connectivity index (χ2n) is 7.01. The average molecular weight is 377 g/mol. The lowest BCUT2D eigenvalue weighted by Crippen LogP contribution is -2.40. The van der Waals surface area contributed by atoms with Crippen molar-refractivity contribution in [2.75, 3.05) is 0 Å². The van der Waals surface area contributed by atoms with Gasteiger partial charge in [0.25, 0.3) is 0 Å². The van der Waals surface area contributed by atoms with Crippen molar-refractivity contribution in [1.82, 2.24) is 9.29 Å². The Kier molecular flexibility index (Phi) is 5.21. The van der Waals surface area contributed by atoms with Gasteiger partial charge >= 0.3 is 0 Å². The van der Waals surface area contributed by atoms with E-state index in [4.69, 9.17) is 0 Å². The second kappa shape index (κ2) is 6.42. The minimum Gasteiger partial charge on any atom is -0.341 e. The summed E-state index contributed by atoms with van der Waals surface area (Å²) in [4.78, 5) is 0.333. The number of hydrogen-bond donors (Lipinski definition) is 1. The van der Waals surface area contributed by atoms with E-state index in [9.17, 15) is 8.42 Å². The summed E-state index contributed by atoms with van der Waals surface area (Å²) in [6.45, 7) is 6.43. The number of sulfonamides is 1. The Morgan fingerprint density at radius 2 is 1.90 bits per heavy atom. The number of hydrogen-bond acceptors (Lipinski definition) is 2. The highest BCUT2D eigenvalue weighted by molar-refractivity contribution is 9.10. The normalized spacial score (nSPS) is 18.1. The maximum absolute atomic E-state index is 12.4. The third kappa shape index (κ3) is 4.83. The maximum atomic E-state index is 12.4. The Labute approximate surface area is 136 Å². The predicted molar refractivity (Wildman–Crippen MR) is 88.8 cm³/mol. The lowest BCUT2D eigenvalue weighted by Gasteiger charge is -2.22. The average Bonchev–Trinajstić information content (AvgIpc) is 2.70. The summed E-state index contributed by atoms with van der Waals surface area (Å²) in [5.74, 6) is 0.661. The van der Waals surface area contributed by atoms with Crippen molar-refractivity contribution in [3.8, 4) is 0 Å². The molecule has 1 aromatic heterocycles. The molecule has 0 saturated heterocycles. The van der Waals surface area contributed by atoms with Crippen LogP contribution in [0.25, 0.3) is 0 Å². The zero-order valence-electron chi connectivity index (χ0n) is 13.0. The molecule has 1 aliphatic rings. The molecular weight excluding hydrogens is 352 g/mol. The minimum atomic E-state index is -3.46. The van der Waals surface area contributed by atoms with Gasteiger partial charge in [-0.05, 0) is 61.5 Å². The number of nitrogens with one attached hydrogen (secondary N) is 1. The summed E-state index contributed by atoms with van der Waals surface area (Å²) >= 11 is 3.49. The predicted octanol–water partition coefficient (Wildman–Crippen LogP) is 3.91. The van der Waals surface area contributed by atoms with Gasteiger partial charge in [-0.25, -0.2) is 13.1 Å². The molecule has 4 nitrogen and oxygen atoms in total. The highest BCUT2D eigenvalue weighted by atomic mass is 79.9. The molecule has 0 unspecified atom stereocenters. The monoisotopic (exact) mass is 376 g/mol. The first-order chi connectivity index (χ1) is 9.67. The molecule has 21 heavy (non-hydrogen) atoms. The Bertz CT molecular complexity index is 581. The molecule has 0 radical (unpaired) electrons. The largest absolute Gasteiger partial charge is 0.341 e. The summed E-state index contributed by atoms with van der Waals surface area (Å²) in [5, 5.41) is 0. The van der Waals surface area contributed by atoms with Crippen LogP contribution in [-0.2, 0) is 16.6 Å². The third-order valence-electron chi connectivity index (χ3n) is 3.75. The molecule has 0 atom stereocenters. The van der Waals surface area contributed by atoms with Crippen LogP contribution in [0.1, 0.15) is 52.9 Å². The van der Waals surface area contributed by atoms with Gasteiger partial charge in [-0.15, -0.1) is 0 Å². The van der Waals surface area contributed by atoms with Gasteiger partial charge < -0.3 is 4.57 Å². The molecule has 0 bridgehead atoms. The van der Waals surface area contributed by atoms with E-state index in [0.717, 1.165) is 11.1 Å². The van der Waals surface area contributed by atoms with E-state index < -0.39 is 15.6 Å². The van der Waals surface area contributed by atoms with Crippen LogP contribution in [0.15, 0.2) is 21.8 Å². The van der Waals surface area contributed by atoms with Gasteiger partial charge in [0.1, 0.15) is 4.90 Å². The fourth-order valence-corrected chi connectivity index (χ4v) is 4.95. The molecule has 0 aromatic carbocycles. The van der Waals surface area contributed by atoms with Crippen LogP contribution in [0, 0.1) is 5.92 Å². The summed E-state index contributed by atoms with van der Waals surface area (Å²) in [5.41, 5.74) is -0.475. The Hall–Kier alpha value is -0.330. The first-order valence-electron chi connectivity index (χ1n) is 7.57. The zero-order chi connectivity index (χ0) is 15.7. The van der Waals surface area contributed by atoms with Gasteiger partial charge in [0.15, 0.2) is 0 Å². The van der Waals surface area contributed by atoms with Crippen molar-refractivity contribution < 1.29 is 8.42 Å². The van der Waals surface area contributed by atoms with Crippen LogP contribution < -0.4 is 4.72 Å². The standard InChI is InChI=1S/C15H25BrN2O2S/c1-15(2,3)17-21(19,20)13-9-14(16)18(11-13)10-12-7-5-4-6-8-12/h9,11-12,17H,4-8,10H2,1-3H3. The molecule has 2 rings (SSSR count). The van der Waals surface area contributed by atoms with E-state index in [0.29, 0.717) is 10.8 Å². The molecule has 0 aliphatic heterocycles.